The number of aromatic hydroxyl groups is 1. The van der Waals surface area contributed by atoms with Gasteiger partial charge in [0.05, 0.1) is 13.2 Å². The van der Waals surface area contributed by atoms with Gasteiger partial charge in [-0.05, 0) is 73.0 Å². The molecule has 0 aliphatic heterocycles. The molecule has 1 aliphatic rings. The van der Waals surface area contributed by atoms with Crippen molar-refractivity contribution in [2.45, 2.75) is 37.8 Å². The summed E-state index contributed by atoms with van der Waals surface area (Å²) < 4.78 is 5.21. The summed E-state index contributed by atoms with van der Waals surface area (Å²) in [4.78, 5) is 12.9. The first-order valence-corrected chi connectivity index (χ1v) is 12.4. The highest BCUT2D eigenvalue weighted by Gasteiger charge is 2.21. The number of hydrogen-bond donors (Lipinski definition) is 4. The number of methoxy groups -OCH3 is 1. The summed E-state index contributed by atoms with van der Waals surface area (Å²) in [6.45, 7) is 1.27. The Hall–Kier alpha value is -3.22. The van der Waals surface area contributed by atoms with Crippen LogP contribution in [0.4, 0.5) is 5.69 Å². The van der Waals surface area contributed by atoms with Gasteiger partial charge in [0, 0.05) is 41.0 Å². The molecule has 1 amide bonds. The molecular formula is C28H32ClN3O3. The maximum Gasteiger partial charge on any atom is 0.251 e. The Kier molecular flexibility index (Phi) is 8.50. The lowest BCUT2D eigenvalue weighted by atomic mass is 9.96. The summed E-state index contributed by atoms with van der Waals surface area (Å²) in [6, 6.07) is 20.2. The second-order valence-corrected chi connectivity index (χ2v) is 9.26. The average molecular weight is 494 g/mol. The Labute approximate surface area is 211 Å². The third-order valence-corrected chi connectivity index (χ3v) is 6.60. The Morgan fingerprint density at radius 2 is 1.83 bits per heavy atom. The smallest absolute Gasteiger partial charge is 0.251 e. The van der Waals surface area contributed by atoms with E-state index in [1.165, 1.54) is 0 Å². The molecule has 4 N–H and O–H groups in total. The maximum atomic E-state index is 12.9. The normalized spacial score (nSPS) is 14.5. The van der Waals surface area contributed by atoms with Crippen molar-refractivity contribution < 1.29 is 14.6 Å². The summed E-state index contributed by atoms with van der Waals surface area (Å²) >= 11 is 6.27. The van der Waals surface area contributed by atoms with Crippen LogP contribution in [0, 0.1) is 0 Å². The first kappa shape index (κ1) is 24.9. The van der Waals surface area contributed by atoms with Gasteiger partial charge >= 0.3 is 0 Å². The van der Waals surface area contributed by atoms with Crippen molar-refractivity contribution >= 4 is 23.2 Å². The number of ether oxygens (including phenoxy) is 1. The van der Waals surface area contributed by atoms with Crippen LogP contribution in [0.5, 0.6) is 11.5 Å². The molecule has 4 rings (SSSR count). The van der Waals surface area contributed by atoms with Crippen LogP contribution >= 0.6 is 11.6 Å². The number of anilines is 1. The molecule has 1 saturated carbocycles. The third kappa shape index (κ3) is 6.68. The first-order valence-electron chi connectivity index (χ1n) is 12.0. The zero-order chi connectivity index (χ0) is 24.6. The van der Waals surface area contributed by atoms with Crippen molar-refractivity contribution in [3.8, 4) is 11.5 Å². The fourth-order valence-corrected chi connectivity index (χ4v) is 4.68. The minimum atomic E-state index is -0.342. The number of nitrogens with one attached hydrogen (secondary N) is 3. The van der Waals surface area contributed by atoms with Crippen LogP contribution < -0.4 is 20.7 Å². The van der Waals surface area contributed by atoms with E-state index in [1.807, 2.05) is 48.5 Å². The fraction of sp³-hybridized carbons (Fsp3) is 0.321. The highest BCUT2D eigenvalue weighted by atomic mass is 35.5. The molecule has 0 saturated heterocycles. The second kappa shape index (κ2) is 12.0. The van der Waals surface area contributed by atoms with Gasteiger partial charge in [0.1, 0.15) is 11.5 Å². The number of benzene rings is 3. The van der Waals surface area contributed by atoms with E-state index in [4.69, 9.17) is 16.3 Å². The van der Waals surface area contributed by atoms with Crippen molar-refractivity contribution in [3.05, 3.63) is 88.4 Å². The number of phenols is 1. The molecule has 0 aromatic heterocycles. The molecule has 7 heteroatoms. The minimum absolute atomic E-state index is 0.0611. The summed E-state index contributed by atoms with van der Waals surface area (Å²) in [5, 5.41) is 21.2. The minimum Gasteiger partial charge on any atom is -0.508 e. The number of amides is 1. The molecule has 6 nitrogen and oxygen atoms in total. The standard InChI is InChI=1S/C28H32ClN3O3/c1-35-24-12-10-22(11-13-24)30-15-16-31-27(25-18-21(29)9-14-26(25)33)19-5-4-6-20(17-19)28(34)32-23-7-2-3-8-23/h4-6,9-14,17-18,23,27,30-31,33H,2-3,7-8,15-16H2,1H3,(H,32,34). The summed E-state index contributed by atoms with van der Waals surface area (Å²) in [5.41, 5.74) is 3.14. The van der Waals surface area contributed by atoms with Crippen LogP contribution in [0.3, 0.4) is 0 Å². The number of phenolic OH excluding ortho intramolecular Hbond substituents is 1. The van der Waals surface area contributed by atoms with E-state index in [0.717, 1.165) is 42.7 Å². The molecule has 0 bridgehead atoms. The lowest BCUT2D eigenvalue weighted by Crippen LogP contribution is -2.33. The monoisotopic (exact) mass is 493 g/mol. The van der Waals surface area contributed by atoms with Gasteiger partial charge in [0.2, 0.25) is 0 Å². The highest BCUT2D eigenvalue weighted by molar-refractivity contribution is 6.30. The molecule has 1 unspecified atom stereocenters. The molecule has 184 valence electrons. The van der Waals surface area contributed by atoms with Crippen molar-refractivity contribution in [2.75, 3.05) is 25.5 Å². The van der Waals surface area contributed by atoms with Crippen LogP contribution in [0.2, 0.25) is 5.02 Å². The van der Waals surface area contributed by atoms with Crippen LogP contribution in [0.1, 0.15) is 53.2 Å². The van der Waals surface area contributed by atoms with Gasteiger partial charge in [0.15, 0.2) is 0 Å². The van der Waals surface area contributed by atoms with Gasteiger partial charge in [-0.2, -0.15) is 0 Å². The van der Waals surface area contributed by atoms with Crippen molar-refractivity contribution in [1.29, 1.82) is 0 Å². The number of halogens is 1. The largest absolute Gasteiger partial charge is 0.508 e. The second-order valence-electron chi connectivity index (χ2n) is 8.83. The topological polar surface area (TPSA) is 82.6 Å². The van der Waals surface area contributed by atoms with Crippen LogP contribution in [-0.4, -0.2) is 37.3 Å². The molecule has 0 radical (unpaired) electrons. The van der Waals surface area contributed by atoms with Crippen molar-refractivity contribution in [1.82, 2.24) is 10.6 Å². The Morgan fingerprint density at radius 1 is 1.06 bits per heavy atom. The van der Waals surface area contributed by atoms with Gasteiger partial charge in [-0.3, -0.25) is 4.79 Å². The molecule has 1 fully saturated rings. The fourth-order valence-electron chi connectivity index (χ4n) is 4.49. The lowest BCUT2D eigenvalue weighted by molar-refractivity contribution is 0.0937. The summed E-state index contributed by atoms with van der Waals surface area (Å²) in [5.74, 6) is 0.895. The van der Waals surface area contributed by atoms with Crippen molar-refractivity contribution in [2.24, 2.45) is 0 Å². The van der Waals surface area contributed by atoms with E-state index in [9.17, 15) is 9.90 Å². The van der Waals surface area contributed by atoms with E-state index in [-0.39, 0.29) is 23.7 Å². The van der Waals surface area contributed by atoms with Gasteiger partial charge in [-0.1, -0.05) is 36.6 Å². The zero-order valence-electron chi connectivity index (χ0n) is 19.9. The predicted octanol–water partition coefficient (Wildman–Crippen LogP) is 5.52. The lowest BCUT2D eigenvalue weighted by Gasteiger charge is -2.22. The van der Waals surface area contributed by atoms with E-state index in [2.05, 4.69) is 16.0 Å². The zero-order valence-corrected chi connectivity index (χ0v) is 20.6. The molecule has 3 aromatic rings. The Bertz CT molecular complexity index is 1130. The number of rotatable bonds is 10. The van der Waals surface area contributed by atoms with E-state index in [0.29, 0.717) is 29.2 Å². The number of hydrogen-bond acceptors (Lipinski definition) is 5. The summed E-state index contributed by atoms with van der Waals surface area (Å²) in [6.07, 6.45) is 4.39. The molecule has 1 atom stereocenters. The molecule has 3 aromatic carbocycles. The summed E-state index contributed by atoms with van der Waals surface area (Å²) in [7, 11) is 1.64. The molecule has 0 spiro atoms. The van der Waals surface area contributed by atoms with Crippen LogP contribution in [0.15, 0.2) is 66.7 Å². The predicted molar refractivity (Wildman–Crippen MR) is 141 cm³/mol. The number of carbonyl (C=O) groups is 1. The van der Waals surface area contributed by atoms with Gasteiger partial charge in [0.25, 0.3) is 5.91 Å². The molecular weight excluding hydrogens is 462 g/mol. The Balaban J connectivity index is 1.49. The maximum absolute atomic E-state index is 12.9. The average Bonchev–Trinajstić information content (AvgIpc) is 3.39. The van der Waals surface area contributed by atoms with Crippen LogP contribution in [-0.2, 0) is 0 Å². The Morgan fingerprint density at radius 3 is 2.57 bits per heavy atom. The quantitative estimate of drug-likeness (QED) is 0.280. The van der Waals surface area contributed by atoms with E-state index >= 15 is 0 Å². The number of carbonyl (C=O) groups excluding carboxylic acids is 1. The SMILES string of the molecule is COc1ccc(NCCNC(c2cccc(C(=O)NC3CCCC3)c2)c2cc(Cl)ccc2O)cc1. The van der Waals surface area contributed by atoms with Gasteiger partial charge < -0.3 is 25.8 Å². The van der Waals surface area contributed by atoms with Gasteiger partial charge in [-0.25, -0.2) is 0 Å². The molecule has 0 heterocycles. The van der Waals surface area contributed by atoms with Crippen LogP contribution in [0.25, 0.3) is 0 Å². The van der Waals surface area contributed by atoms with E-state index < -0.39 is 0 Å². The van der Waals surface area contributed by atoms with Gasteiger partial charge in [-0.15, -0.1) is 0 Å². The molecule has 1 aliphatic carbocycles. The highest BCUT2D eigenvalue weighted by Crippen LogP contribution is 2.32. The van der Waals surface area contributed by atoms with Crippen molar-refractivity contribution in [3.63, 3.8) is 0 Å². The third-order valence-electron chi connectivity index (χ3n) is 6.37. The van der Waals surface area contributed by atoms with E-state index in [1.54, 1.807) is 25.3 Å². The first-order chi connectivity index (χ1) is 17.0. The molecule has 35 heavy (non-hydrogen) atoms.